The molecule has 0 amide bonds. The Balaban J connectivity index is 1.95. The number of aromatic nitrogens is 2. The van der Waals surface area contributed by atoms with Crippen LogP contribution in [0.4, 0.5) is 5.82 Å². The molecule has 0 spiro atoms. The summed E-state index contributed by atoms with van der Waals surface area (Å²) in [5.41, 5.74) is 1.13. The van der Waals surface area contributed by atoms with Crippen LogP contribution in [0.1, 0.15) is 44.6 Å². The molecule has 4 heteroatoms. The van der Waals surface area contributed by atoms with Crippen molar-refractivity contribution in [2.24, 2.45) is 0 Å². The molecule has 1 aliphatic carbocycles. The second-order valence-corrected chi connectivity index (χ2v) is 6.45. The fraction of sp³-hybridized carbons (Fsp3) is 0.714. The molecule has 1 heterocycles. The average Bonchev–Trinajstić information content (AvgIpc) is 2.76. The van der Waals surface area contributed by atoms with E-state index < -0.39 is 0 Å². The quantitative estimate of drug-likeness (QED) is 0.885. The Labute approximate surface area is 114 Å². The lowest BCUT2D eigenvalue weighted by molar-refractivity contribution is 0.748. The largest absolute Gasteiger partial charge is 0.367 e. The van der Waals surface area contributed by atoms with Gasteiger partial charge >= 0.3 is 0 Å². The lowest BCUT2D eigenvalue weighted by Gasteiger charge is -2.14. The summed E-state index contributed by atoms with van der Waals surface area (Å²) in [5, 5.41) is 4.41. The first-order chi connectivity index (χ1) is 8.71. The molecule has 100 valence electrons. The van der Waals surface area contributed by atoms with Gasteiger partial charge in [-0.3, -0.25) is 0 Å². The second-order valence-electron chi connectivity index (χ2n) is 4.88. The highest BCUT2D eigenvalue weighted by molar-refractivity contribution is 7.99. The fourth-order valence-electron chi connectivity index (χ4n) is 2.55. The van der Waals surface area contributed by atoms with E-state index in [-0.39, 0.29) is 0 Å². The normalized spacial score (nSPS) is 23.3. The molecule has 1 N–H and O–H groups in total. The van der Waals surface area contributed by atoms with E-state index in [0.29, 0.717) is 6.04 Å². The lowest BCUT2D eigenvalue weighted by Crippen LogP contribution is -2.17. The van der Waals surface area contributed by atoms with Crippen molar-refractivity contribution < 1.29 is 0 Å². The second kappa shape index (κ2) is 6.41. The maximum Gasteiger partial charge on any atom is 0.130 e. The zero-order chi connectivity index (χ0) is 13.0. The van der Waals surface area contributed by atoms with Crippen molar-refractivity contribution in [3.05, 3.63) is 17.6 Å². The van der Waals surface area contributed by atoms with E-state index in [1.54, 1.807) is 0 Å². The van der Waals surface area contributed by atoms with Gasteiger partial charge in [0.15, 0.2) is 0 Å². The van der Waals surface area contributed by atoms with Crippen LogP contribution in [-0.2, 0) is 6.42 Å². The molecule has 1 aliphatic rings. The zero-order valence-corrected chi connectivity index (χ0v) is 12.4. The average molecular weight is 265 g/mol. The predicted molar refractivity (Wildman–Crippen MR) is 79.3 cm³/mol. The first-order valence-corrected chi connectivity index (χ1v) is 7.98. The van der Waals surface area contributed by atoms with Crippen LogP contribution in [0.5, 0.6) is 0 Å². The van der Waals surface area contributed by atoms with E-state index in [4.69, 9.17) is 0 Å². The van der Waals surface area contributed by atoms with Crippen molar-refractivity contribution in [3.63, 3.8) is 0 Å². The molecule has 1 aromatic rings. The Morgan fingerprint density at radius 2 is 2.17 bits per heavy atom. The number of nitrogens with one attached hydrogen (secondary N) is 1. The van der Waals surface area contributed by atoms with Gasteiger partial charge in [-0.25, -0.2) is 9.97 Å². The molecular formula is C14H23N3S. The van der Waals surface area contributed by atoms with Gasteiger partial charge in [-0.2, -0.15) is 11.8 Å². The maximum atomic E-state index is 4.49. The SMILES string of the molecule is CCSC1CCC(Nc2cc(CC)nc(C)n2)C1. The van der Waals surface area contributed by atoms with Gasteiger partial charge in [-0.15, -0.1) is 0 Å². The minimum Gasteiger partial charge on any atom is -0.367 e. The van der Waals surface area contributed by atoms with Crippen molar-refractivity contribution in [1.82, 2.24) is 9.97 Å². The van der Waals surface area contributed by atoms with Crippen LogP contribution < -0.4 is 5.32 Å². The number of thioether (sulfide) groups is 1. The maximum absolute atomic E-state index is 4.49. The van der Waals surface area contributed by atoms with Crippen molar-refractivity contribution in [1.29, 1.82) is 0 Å². The van der Waals surface area contributed by atoms with Gasteiger partial charge in [0.2, 0.25) is 0 Å². The van der Waals surface area contributed by atoms with Crippen molar-refractivity contribution >= 4 is 17.6 Å². The van der Waals surface area contributed by atoms with Gasteiger partial charge in [0.25, 0.3) is 0 Å². The minimum absolute atomic E-state index is 0.591. The highest BCUT2D eigenvalue weighted by Crippen LogP contribution is 2.31. The van der Waals surface area contributed by atoms with Gasteiger partial charge in [0.05, 0.1) is 0 Å². The summed E-state index contributed by atoms with van der Waals surface area (Å²) in [5.74, 6) is 3.10. The molecule has 0 saturated heterocycles. The Bertz CT molecular complexity index is 395. The van der Waals surface area contributed by atoms with Crippen molar-refractivity contribution in [3.8, 4) is 0 Å². The van der Waals surface area contributed by atoms with Gasteiger partial charge in [0, 0.05) is 23.1 Å². The topological polar surface area (TPSA) is 37.8 Å². The molecule has 2 unspecified atom stereocenters. The Morgan fingerprint density at radius 1 is 1.33 bits per heavy atom. The van der Waals surface area contributed by atoms with Gasteiger partial charge in [-0.1, -0.05) is 13.8 Å². The van der Waals surface area contributed by atoms with Gasteiger partial charge in [-0.05, 0) is 38.4 Å². The molecule has 18 heavy (non-hydrogen) atoms. The van der Waals surface area contributed by atoms with Gasteiger partial charge in [0.1, 0.15) is 11.6 Å². The molecule has 2 rings (SSSR count). The summed E-state index contributed by atoms with van der Waals surface area (Å²) in [4.78, 5) is 8.90. The standard InChI is InChI=1S/C14H23N3S/c1-4-11-9-14(16-10(3)15-11)17-12-6-7-13(8-12)18-5-2/h9,12-13H,4-8H2,1-3H3,(H,15,16,17). The van der Waals surface area contributed by atoms with Crippen LogP contribution in [0.3, 0.4) is 0 Å². The Morgan fingerprint density at radius 3 is 2.89 bits per heavy atom. The highest BCUT2D eigenvalue weighted by Gasteiger charge is 2.24. The van der Waals surface area contributed by atoms with Crippen LogP contribution in [0.2, 0.25) is 0 Å². The Kier molecular flexibility index (Phi) is 4.87. The summed E-state index contributed by atoms with van der Waals surface area (Å²) in [7, 11) is 0. The Hall–Kier alpha value is -0.770. The van der Waals surface area contributed by atoms with Crippen LogP contribution in [-0.4, -0.2) is 27.0 Å². The van der Waals surface area contributed by atoms with E-state index in [2.05, 4.69) is 47.0 Å². The molecular weight excluding hydrogens is 242 g/mol. The molecule has 0 aliphatic heterocycles. The number of aryl methyl sites for hydroxylation is 2. The van der Waals surface area contributed by atoms with Crippen molar-refractivity contribution in [2.45, 2.75) is 57.7 Å². The third kappa shape index (κ3) is 3.61. The number of hydrogen-bond donors (Lipinski definition) is 1. The van der Waals surface area contributed by atoms with Crippen LogP contribution in [0.15, 0.2) is 6.07 Å². The molecule has 1 fully saturated rings. The third-order valence-electron chi connectivity index (χ3n) is 3.39. The summed E-state index contributed by atoms with van der Waals surface area (Å²) < 4.78 is 0. The summed E-state index contributed by atoms with van der Waals surface area (Å²) in [6.07, 6.45) is 4.84. The van der Waals surface area contributed by atoms with E-state index >= 15 is 0 Å². The number of hydrogen-bond acceptors (Lipinski definition) is 4. The van der Waals surface area contributed by atoms with Crippen LogP contribution in [0, 0.1) is 6.92 Å². The summed E-state index contributed by atoms with van der Waals surface area (Å²) in [6, 6.07) is 2.68. The van der Waals surface area contributed by atoms with E-state index in [1.165, 1.54) is 25.0 Å². The monoisotopic (exact) mass is 265 g/mol. The van der Waals surface area contributed by atoms with Crippen LogP contribution in [0.25, 0.3) is 0 Å². The first kappa shape index (κ1) is 13.7. The molecule has 2 atom stereocenters. The van der Waals surface area contributed by atoms with E-state index in [1.807, 2.05) is 6.92 Å². The first-order valence-electron chi connectivity index (χ1n) is 6.94. The minimum atomic E-state index is 0.591. The highest BCUT2D eigenvalue weighted by atomic mass is 32.2. The molecule has 3 nitrogen and oxygen atoms in total. The molecule has 1 aromatic heterocycles. The summed E-state index contributed by atoms with van der Waals surface area (Å²) in [6.45, 7) is 6.34. The van der Waals surface area contributed by atoms with Crippen molar-refractivity contribution in [2.75, 3.05) is 11.1 Å². The van der Waals surface area contributed by atoms with Crippen LogP contribution >= 0.6 is 11.8 Å². The molecule has 0 bridgehead atoms. The summed E-state index contributed by atoms with van der Waals surface area (Å²) >= 11 is 2.09. The van der Waals surface area contributed by atoms with E-state index in [0.717, 1.165) is 29.0 Å². The lowest BCUT2D eigenvalue weighted by atomic mass is 10.2. The third-order valence-corrected chi connectivity index (χ3v) is 4.63. The smallest absolute Gasteiger partial charge is 0.130 e. The molecule has 0 aromatic carbocycles. The van der Waals surface area contributed by atoms with Gasteiger partial charge < -0.3 is 5.32 Å². The van der Waals surface area contributed by atoms with E-state index in [9.17, 15) is 0 Å². The molecule has 0 radical (unpaired) electrons. The fourth-order valence-corrected chi connectivity index (χ4v) is 3.69. The number of nitrogens with zero attached hydrogens (tertiary/aromatic N) is 2. The molecule has 1 saturated carbocycles. The zero-order valence-electron chi connectivity index (χ0n) is 11.6. The predicted octanol–water partition coefficient (Wildman–Crippen LogP) is 3.43. The number of rotatable bonds is 5. The number of anilines is 1.